The summed E-state index contributed by atoms with van der Waals surface area (Å²) in [6.07, 6.45) is 3.21. The van der Waals surface area contributed by atoms with Gasteiger partial charge in [-0.25, -0.2) is 0 Å². The monoisotopic (exact) mass is 342 g/mol. The molecule has 25 heavy (non-hydrogen) atoms. The van der Waals surface area contributed by atoms with Crippen molar-refractivity contribution in [3.63, 3.8) is 0 Å². The Labute approximate surface area is 147 Å². The van der Waals surface area contributed by atoms with Crippen molar-refractivity contribution < 1.29 is 19.4 Å². The zero-order valence-corrected chi connectivity index (χ0v) is 14.1. The Morgan fingerprint density at radius 2 is 1.92 bits per heavy atom. The quantitative estimate of drug-likeness (QED) is 0.796. The van der Waals surface area contributed by atoms with Crippen LogP contribution >= 0.6 is 0 Å². The molecule has 6 heteroatoms. The fourth-order valence-corrected chi connectivity index (χ4v) is 3.74. The summed E-state index contributed by atoms with van der Waals surface area (Å²) in [5.74, 6) is 0.258. The average Bonchev–Trinajstić information content (AvgIpc) is 3.16. The molecule has 0 bridgehead atoms. The fraction of sp³-hybridized carbons (Fsp3) is 0.526. The largest absolute Gasteiger partial charge is 0.491 e. The van der Waals surface area contributed by atoms with E-state index < -0.39 is 11.5 Å². The molecule has 0 unspecified atom stereocenters. The van der Waals surface area contributed by atoms with Crippen LogP contribution in [0.2, 0.25) is 0 Å². The molecule has 1 spiro atoms. The van der Waals surface area contributed by atoms with Crippen molar-refractivity contribution in [1.82, 2.24) is 4.90 Å². The summed E-state index contributed by atoms with van der Waals surface area (Å²) in [5, 5.41) is 18.8. The summed E-state index contributed by atoms with van der Waals surface area (Å²) in [6, 6.07) is 9.13. The molecule has 1 saturated heterocycles. The number of benzene rings is 1. The highest BCUT2D eigenvalue weighted by atomic mass is 16.5. The molecule has 132 valence electrons. The topological polar surface area (TPSA) is 90.6 Å². The number of β-amino-alcohol motifs (C(OH)–C–C–N with tert-alkyl or cyclic N) is 1. The van der Waals surface area contributed by atoms with Crippen molar-refractivity contribution in [1.29, 1.82) is 5.26 Å². The molecule has 1 aromatic rings. The van der Waals surface area contributed by atoms with Gasteiger partial charge in [-0.1, -0.05) is 25.0 Å². The van der Waals surface area contributed by atoms with Gasteiger partial charge in [-0.05, 0) is 30.5 Å². The molecule has 6 nitrogen and oxygen atoms in total. The molecular weight excluding hydrogens is 320 g/mol. The van der Waals surface area contributed by atoms with E-state index in [0.29, 0.717) is 12.2 Å². The van der Waals surface area contributed by atoms with Gasteiger partial charge in [0.1, 0.15) is 18.5 Å². The van der Waals surface area contributed by atoms with Gasteiger partial charge in [0.2, 0.25) is 11.8 Å². The first kappa shape index (κ1) is 17.4. The minimum absolute atomic E-state index is 0.00164. The summed E-state index contributed by atoms with van der Waals surface area (Å²) in [6.45, 7) is -0.0202. The number of amides is 2. The highest BCUT2D eigenvalue weighted by Gasteiger charge is 2.52. The molecule has 0 radical (unpaired) electrons. The minimum atomic E-state index is -0.928. The van der Waals surface area contributed by atoms with Crippen LogP contribution in [0.25, 0.3) is 0 Å². The number of hydrogen-bond donors (Lipinski definition) is 1. The zero-order valence-electron chi connectivity index (χ0n) is 14.1. The Morgan fingerprint density at radius 3 is 2.56 bits per heavy atom. The lowest BCUT2D eigenvalue weighted by atomic mass is 9.84. The molecule has 2 aliphatic rings. The smallest absolute Gasteiger partial charge is 0.235 e. The van der Waals surface area contributed by atoms with E-state index in [9.17, 15) is 14.7 Å². The van der Waals surface area contributed by atoms with E-state index >= 15 is 0 Å². The Morgan fingerprint density at radius 1 is 1.24 bits per heavy atom. The van der Waals surface area contributed by atoms with Crippen LogP contribution in [0.3, 0.4) is 0 Å². The van der Waals surface area contributed by atoms with Crippen LogP contribution in [0.4, 0.5) is 0 Å². The van der Waals surface area contributed by atoms with Crippen LogP contribution < -0.4 is 4.74 Å². The van der Waals surface area contributed by atoms with Crippen molar-refractivity contribution in [2.75, 3.05) is 13.2 Å². The van der Waals surface area contributed by atoms with Gasteiger partial charge in [0.15, 0.2) is 0 Å². The van der Waals surface area contributed by atoms with Crippen molar-refractivity contribution >= 4 is 11.8 Å². The summed E-state index contributed by atoms with van der Waals surface area (Å²) in [7, 11) is 0. The van der Waals surface area contributed by atoms with Gasteiger partial charge in [-0.3, -0.25) is 14.5 Å². The third kappa shape index (κ3) is 3.67. The van der Waals surface area contributed by atoms with Crippen LogP contribution in [0.5, 0.6) is 5.75 Å². The maximum atomic E-state index is 12.6. The fourth-order valence-electron chi connectivity index (χ4n) is 3.74. The third-order valence-electron chi connectivity index (χ3n) is 5.09. The summed E-state index contributed by atoms with van der Waals surface area (Å²) < 4.78 is 5.52. The number of carbonyl (C=O) groups is 2. The van der Waals surface area contributed by atoms with Gasteiger partial charge >= 0.3 is 0 Å². The number of aliphatic hydroxyl groups excluding tert-OH is 1. The molecule has 1 aliphatic carbocycles. The highest BCUT2D eigenvalue weighted by Crippen LogP contribution is 2.46. The normalized spacial score (nSPS) is 20.1. The Hall–Kier alpha value is -2.39. The van der Waals surface area contributed by atoms with E-state index in [1.165, 1.54) is 4.90 Å². The maximum Gasteiger partial charge on any atom is 0.235 e. The molecule has 2 fully saturated rings. The standard InChI is InChI=1S/C19H22N2O4/c20-10-7-14-3-5-16(6-4-14)25-13-15(22)12-21-17(23)11-19(18(21)24)8-1-2-9-19/h3-6,15,22H,1-2,7-9,11-13H2/t15-/m0/s1. The molecule has 1 saturated carbocycles. The molecule has 1 N–H and O–H groups in total. The SMILES string of the molecule is N#CCc1ccc(OC[C@@H](O)CN2C(=O)CC3(CCCC3)C2=O)cc1. The summed E-state index contributed by atoms with van der Waals surface area (Å²) in [5.41, 5.74) is 0.388. The third-order valence-corrected chi connectivity index (χ3v) is 5.09. The predicted molar refractivity (Wildman–Crippen MR) is 89.5 cm³/mol. The van der Waals surface area contributed by atoms with Gasteiger partial charge in [0.05, 0.1) is 24.4 Å². The molecule has 0 aromatic heterocycles. The van der Waals surface area contributed by atoms with Crippen LogP contribution in [-0.4, -0.2) is 41.1 Å². The number of ether oxygens (including phenoxy) is 1. The Kier molecular flexibility index (Phi) is 5.05. The minimum Gasteiger partial charge on any atom is -0.491 e. The molecule has 1 aromatic carbocycles. The van der Waals surface area contributed by atoms with Crippen LogP contribution in [0.15, 0.2) is 24.3 Å². The van der Waals surface area contributed by atoms with E-state index in [1.54, 1.807) is 24.3 Å². The van der Waals surface area contributed by atoms with E-state index in [1.807, 2.05) is 0 Å². The number of likely N-dealkylation sites (tertiary alicyclic amines) is 1. The number of imide groups is 1. The van der Waals surface area contributed by atoms with Crippen molar-refractivity contribution in [2.45, 2.75) is 44.6 Å². The lowest BCUT2D eigenvalue weighted by Gasteiger charge is -2.23. The average molecular weight is 342 g/mol. The Bertz CT molecular complexity index is 686. The van der Waals surface area contributed by atoms with Gasteiger partial charge < -0.3 is 9.84 Å². The second-order valence-electron chi connectivity index (χ2n) is 6.92. The summed E-state index contributed by atoms with van der Waals surface area (Å²) in [4.78, 5) is 26.0. The molecule has 2 amide bonds. The highest BCUT2D eigenvalue weighted by molar-refractivity contribution is 6.06. The molecular formula is C19H22N2O4. The van der Waals surface area contributed by atoms with E-state index in [-0.39, 0.29) is 31.4 Å². The lowest BCUT2D eigenvalue weighted by Crippen LogP contribution is -2.41. The number of hydrogen-bond acceptors (Lipinski definition) is 5. The maximum absolute atomic E-state index is 12.6. The van der Waals surface area contributed by atoms with Gasteiger partial charge in [-0.2, -0.15) is 5.26 Å². The van der Waals surface area contributed by atoms with Crippen molar-refractivity contribution in [3.05, 3.63) is 29.8 Å². The molecule has 1 heterocycles. The van der Waals surface area contributed by atoms with Crippen LogP contribution in [0, 0.1) is 16.7 Å². The van der Waals surface area contributed by atoms with E-state index in [4.69, 9.17) is 10.00 Å². The van der Waals surface area contributed by atoms with E-state index in [0.717, 1.165) is 31.2 Å². The molecule has 1 atom stereocenters. The number of carbonyl (C=O) groups excluding carboxylic acids is 2. The number of rotatable bonds is 6. The number of nitriles is 1. The van der Waals surface area contributed by atoms with Crippen molar-refractivity contribution in [3.8, 4) is 11.8 Å². The molecule has 1 aliphatic heterocycles. The van der Waals surface area contributed by atoms with Crippen LogP contribution in [0.1, 0.15) is 37.7 Å². The summed E-state index contributed by atoms with van der Waals surface area (Å²) >= 11 is 0. The van der Waals surface area contributed by atoms with E-state index in [2.05, 4.69) is 6.07 Å². The van der Waals surface area contributed by atoms with Crippen molar-refractivity contribution in [2.24, 2.45) is 5.41 Å². The lowest BCUT2D eigenvalue weighted by molar-refractivity contribution is -0.143. The second-order valence-corrected chi connectivity index (χ2v) is 6.92. The van der Waals surface area contributed by atoms with Gasteiger partial charge in [0, 0.05) is 6.42 Å². The van der Waals surface area contributed by atoms with Gasteiger partial charge in [-0.15, -0.1) is 0 Å². The predicted octanol–water partition coefficient (Wildman–Crippen LogP) is 1.81. The first-order chi connectivity index (χ1) is 12.0. The first-order valence-electron chi connectivity index (χ1n) is 8.66. The first-order valence-corrected chi connectivity index (χ1v) is 8.66. The van der Waals surface area contributed by atoms with Crippen LogP contribution in [-0.2, 0) is 16.0 Å². The zero-order chi connectivity index (χ0) is 17.9. The second kappa shape index (κ2) is 7.24. The van der Waals surface area contributed by atoms with Gasteiger partial charge in [0.25, 0.3) is 0 Å². The number of aliphatic hydroxyl groups is 1. The number of nitrogens with zero attached hydrogens (tertiary/aromatic N) is 2. The molecule has 3 rings (SSSR count). The Balaban J connectivity index is 1.52.